The number of carbonyl (C=O) groups excluding carboxylic acids is 1. The molecule has 0 bridgehead atoms. The van der Waals surface area contributed by atoms with Crippen LogP contribution < -0.4 is 15.8 Å². The number of nitrogens with one attached hydrogen (secondary N) is 1. The Hall–Kier alpha value is -2.94. The van der Waals surface area contributed by atoms with Crippen molar-refractivity contribution < 1.29 is 22.8 Å². The van der Waals surface area contributed by atoms with Crippen molar-refractivity contribution in [1.82, 2.24) is 10.1 Å². The zero-order chi connectivity index (χ0) is 19.0. The van der Waals surface area contributed by atoms with Crippen LogP contribution in [0.15, 0.2) is 39.9 Å². The van der Waals surface area contributed by atoms with Gasteiger partial charge in [-0.25, -0.2) is 13.6 Å². The summed E-state index contributed by atoms with van der Waals surface area (Å²) in [5.41, 5.74) is 0.180. The van der Waals surface area contributed by atoms with Gasteiger partial charge < -0.3 is 14.6 Å². The SMILES string of the molecule is O=C1OC[C@@H](Cn2occc2=O)N1c1cc(F)c(C2=CCNCC2)c(F)c1. The van der Waals surface area contributed by atoms with Crippen LogP contribution in [-0.2, 0) is 11.3 Å². The number of nitrogens with zero attached hydrogens (tertiary/aromatic N) is 2. The van der Waals surface area contributed by atoms with E-state index in [9.17, 15) is 18.4 Å². The molecule has 1 fully saturated rings. The van der Waals surface area contributed by atoms with Crippen molar-refractivity contribution in [3.8, 4) is 0 Å². The van der Waals surface area contributed by atoms with E-state index in [1.165, 1.54) is 12.3 Å². The zero-order valence-electron chi connectivity index (χ0n) is 14.3. The molecule has 0 aliphatic carbocycles. The predicted octanol–water partition coefficient (Wildman–Crippen LogP) is 2.12. The van der Waals surface area contributed by atoms with Crippen molar-refractivity contribution in [2.75, 3.05) is 24.6 Å². The Morgan fingerprint density at radius 1 is 1.22 bits per heavy atom. The molecule has 0 unspecified atom stereocenters. The number of cyclic esters (lactones) is 1. The lowest BCUT2D eigenvalue weighted by Gasteiger charge is -2.22. The van der Waals surface area contributed by atoms with Crippen molar-refractivity contribution in [3.05, 3.63) is 58.1 Å². The summed E-state index contributed by atoms with van der Waals surface area (Å²) in [5.74, 6) is -1.49. The fourth-order valence-corrected chi connectivity index (χ4v) is 3.39. The number of carbonyl (C=O) groups is 1. The topological polar surface area (TPSA) is 76.7 Å². The quantitative estimate of drug-likeness (QED) is 0.883. The molecule has 1 aromatic carbocycles. The molecule has 4 rings (SSSR count). The lowest BCUT2D eigenvalue weighted by molar-refractivity contribution is 0.174. The summed E-state index contributed by atoms with van der Waals surface area (Å²) < 4.78 is 40.5. The van der Waals surface area contributed by atoms with Crippen LogP contribution in [0.2, 0.25) is 0 Å². The second kappa shape index (κ2) is 6.99. The third-order valence-corrected chi connectivity index (χ3v) is 4.67. The molecule has 1 atom stereocenters. The van der Waals surface area contributed by atoms with Crippen LogP contribution in [0.1, 0.15) is 12.0 Å². The second-order valence-corrected chi connectivity index (χ2v) is 6.38. The van der Waals surface area contributed by atoms with Gasteiger partial charge in [0.25, 0.3) is 5.56 Å². The molecule has 1 amide bonds. The maximum absolute atomic E-state index is 14.7. The third-order valence-electron chi connectivity index (χ3n) is 4.67. The van der Waals surface area contributed by atoms with E-state index in [1.54, 1.807) is 6.08 Å². The highest BCUT2D eigenvalue weighted by Gasteiger charge is 2.36. The van der Waals surface area contributed by atoms with Crippen molar-refractivity contribution >= 4 is 17.4 Å². The predicted molar refractivity (Wildman–Crippen MR) is 92.4 cm³/mol. The smallest absolute Gasteiger partial charge is 0.414 e. The molecule has 2 aliphatic rings. The number of ether oxygens (including phenoxy) is 1. The molecule has 0 spiro atoms. The number of hydrogen-bond acceptors (Lipinski definition) is 5. The Bertz CT molecular complexity index is 943. The molecule has 2 aliphatic heterocycles. The number of amides is 1. The van der Waals surface area contributed by atoms with E-state index in [-0.39, 0.29) is 30.0 Å². The number of rotatable bonds is 4. The average Bonchev–Trinajstić information content (AvgIpc) is 3.21. The Kier molecular flexibility index (Phi) is 4.53. The summed E-state index contributed by atoms with van der Waals surface area (Å²) in [6.07, 6.45) is 2.77. The van der Waals surface area contributed by atoms with Gasteiger partial charge in [0.1, 0.15) is 24.5 Å². The van der Waals surface area contributed by atoms with E-state index in [4.69, 9.17) is 9.26 Å². The molecule has 1 aromatic heterocycles. The number of aromatic nitrogens is 1. The summed E-state index contributed by atoms with van der Waals surface area (Å²) in [6.45, 7) is 1.19. The maximum atomic E-state index is 14.7. The summed E-state index contributed by atoms with van der Waals surface area (Å²) >= 11 is 0. The van der Waals surface area contributed by atoms with Crippen molar-refractivity contribution in [2.45, 2.75) is 19.0 Å². The van der Waals surface area contributed by atoms with Crippen LogP contribution in [0.25, 0.3) is 5.57 Å². The Labute approximate surface area is 152 Å². The van der Waals surface area contributed by atoms with E-state index in [0.29, 0.717) is 25.1 Å². The Balaban J connectivity index is 1.66. The van der Waals surface area contributed by atoms with Gasteiger partial charge in [0.15, 0.2) is 0 Å². The minimum Gasteiger partial charge on any atom is -0.447 e. The van der Waals surface area contributed by atoms with Gasteiger partial charge >= 0.3 is 6.09 Å². The lowest BCUT2D eigenvalue weighted by Crippen LogP contribution is -2.38. The highest BCUT2D eigenvalue weighted by molar-refractivity contribution is 5.90. The number of benzene rings is 1. The number of anilines is 1. The van der Waals surface area contributed by atoms with Crippen LogP contribution in [0, 0.1) is 11.6 Å². The molecule has 3 heterocycles. The molecule has 1 N–H and O–H groups in total. The van der Waals surface area contributed by atoms with Gasteiger partial charge in [-0.3, -0.25) is 9.69 Å². The number of halogens is 2. The number of hydrogen-bond donors (Lipinski definition) is 1. The molecular weight excluding hydrogens is 360 g/mol. The highest BCUT2D eigenvalue weighted by Crippen LogP contribution is 2.32. The van der Waals surface area contributed by atoms with Gasteiger partial charge in [-0.1, -0.05) is 6.08 Å². The van der Waals surface area contributed by atoms with E-state index < -0.39 is 23.8 Å². The van der Waals surface area contributed by atoms with Crippen LogP contribution in [0.5, 0.6) is 0 Å². The molecule has 9 heteroatoms. The standard InChI is InChI=1S/C18H17F2N3O4/c19-14-7-12(8-15(20)17(14)11-1-4-21-5-2-11)23-13(10-26-18(23)25)9-22-16(24)3-6-27-22/h1,3,6-8,13,21H,2,4-5,9-10H2/t13-/m1/s1. The normalized spacial score (nSPS) is 19.9. The second-order valence-electron chi connectivity index (χ2n) is 6.38. The molecule has 142 valence electrons. The summed E-state index contributed by atoms with van der Waals surface area (Å²) in [7, 11) is 0. The first kappa shape index (κ1) is 17.5. The van der Waals surface area contributed by atoms with Crippen LogP contribution in [0.4, 0.5) is 19.3 Å². The summed E-state index contributed by atoms with van der Waals surface area (Å²) in [4.78, 5) is 24.9. The van der Waals surface area contributed by atoms with Crippen molar-refractivity contribution in [3.63, 3.8) is 0 Å². The van der Waals surface area contributed by atoms with E-state index in [0.717, 1.165) is 21.8 Å². The van der Waals surface area contributed by atoms with Gasteiger partial charge in [-0.15, -0.1) is 0 Å². The molecule has 1 saturated heterocycles. The van der Waals surface area contributed by atoms with Crippen LogP contribution >= 0.6 is 0 Å². The maximum Gasteiger partial charge on any atom is 0.414 e. The monoisotopic (exact) mass is 377 g/mol. The molecular formula is C18H17F2N3O4. The minimum absolute atomic E-state index is 0.0133. The largest absolute Gasteiger partial charge is 0.447 e. The van der Waals surface area contributed by atoms with E-state index in [2.05, 4.69) is 5.32 Å². The fraction of sp³-hybridized carbons (Fsp3) is 0.333. The van der Waals surface area contributed by atoms with Gasteiger partial charge in [0.05, 0.1) is 18.3 Å². The Morgan fingerprint density at radius 3 is 2.63 bits per heavy atom. The first-order valence-electron chi connectivity index (χ1n) is 8.54. The molecule has 0 saturated carbocycles. The average molecular weight is 377 g/mol. The molecule has 2 aromatic rings. The van der Waals surface area contributed by atoms with E-state index in [1.807, 2.05) is 0 Å². The highest BCUT2D eigenvalue weighted by atomic mass is 19.1. The van der Waals surface area contributed by atoms with Gasteiger partial charge in [0, 0.05) is 18.2 Å². The fourth-order valence-electron chi connectivity index (χ4n) is 3.39. The Morgan fingerprint density at radius 2 is 2.00 bits per heavy atom. The van der Waals surface area contributed by atoms with E-state index >= 15 is 0 Å². The third kappa shape index (κ3) is 3.25. The first-order chi connectivity index (χ1) is 13.0. The van der Waals surface area contributed by atoms with Gasteiger partial charge in [-0.2, -0.15) is 4.74 Å². The summed E-state index contributed by atoms with van der Waals surface area (Å²) in [5, 5.41) is 3.09. The lowest BCUT2D eigenvalue weighted by atomic mass is 9.98. The van der Waals surface area contributed by atoms with Crippen LogP contribution in [0.3, 0.4) is 0 Å². The van der Waals surface area contributed by atoms with Crippen molar-refractivity contribution in [2.24, 2.45) is 0 Å². The first-order valence-corrected chi connectivity index (χ1v) is 8.54. The minimum atomic E-state index is -0.744. The molecule has 27 heavy (non-hydrogen) atoms. The molecule has 0 radical (unpaired) electrons. The van der Waals surface area contributed by atoms with Crippen LogP contribution in [-0.4, -0.2) is 36.6 Å². The summed E-state index contributed by atoms with van der Waals surface area (Å²) in [6, 6.07) is 2.85. The molecule has 7 nitrogen and oxygen atoms in total. The van der Waals surface area contributed by atoms with Crippen molar-refractivity contribution in [1.29, 1.82) is 0 Å². The van der Waals surface area contributed by atoms with Gasteiger partial charge in [0.2, 0.25) is 0 Å². The zero-order valence-corrected chi connectivity index (χ0v) is 14.3. The van der Waals surface area contributed by atoms with Gasteiger partial charge in [-0.05, 0) is 30.7 Å².